The van der Waals surface area contributed by atoms with E-state index >= 15 is 0 Å². The zero-order valence-corrected chi connectivity index (χ0v) is 27.0. The molecule has 2 fully saturated rings. The summed E-state index contributed by atoms with van der Waals surface area (Å²) in [6, 6.07) is 11.8. The fourth-order valence-electron chi connectivity index (χ4n) is 8.72. The zero-order valence-electron chi connectivity index (χ0n) is 26.2. The van der Waals surface area contributed by atoms with Crippen molar-refractivity contribution in [3.05, 3.63) is 77.9 Å². The number of aliphatic hydroxyl groups is 2. The molecule has 7 unspecified atom stereocenters. The van der Waals surface area contributed by atoms with E-state index in [9.17, 15) is 33.0 Å². The van der Waals surface area contributed by atoms with Gasteiger partial charge in [-0.25, -0.2) is 0 Å². The highest BCUT2D eigenvalue weighted by Gasteiger charge is 2.68. The maximum absolute atomic E-state index is 13.6. The molecule has 2 aromatic carbocycles. The third-order valence-corrected chi connectivity index (χ3v) is 12.0. The fraction of sp³-hybridized carbons (Fsp3) is 0.457. The van der Waals surface area contributed by atoms with E-state index in [1.54, 1.807) is 30.3 Å². The molecule has 2 saturated carbocycles. The Morgan fingerprint density at radius 3 is 2.51 bits per heavy atom. The Hall–Kier alpha value is -3.84. The molecular weight excluding hydrogens is 624 g/mol. The first kappa shape index (κ1) is 33.1. The summed E-state index contributed by atoms with van der Waals surface area (Å²) in [5.41, 5.74) is -0.957. The number of rotatable bonds is 8. The van der Waals surface area contributed by atoms with Crippen LogP contribution in [0.5, 0.6) is 0 Å². The molecule has 6 rings (SSSR count). The van der Waals surface area contributed by atoms with Crippen molar-refractivity contribution in [2.45, 2.75) is 69.0 Å². The summed E-state index contributed by atoms with van der Waals surface area (Å²) in [7, 11) is -4.34. The summed E-state index contributed by atoms with van der Waals surface area (Å²) in [6.45, 7) is 3.32. The molecule has 12 heteroatoms. The van der Waals surface area contributed by atoms with Crippen molar-refractivity contribution in [2.24, 2.45) is 38.8 Å². The molecule has 0 bridgehead atoms. The highest BCUT2D eigenvalue weighted by Crippen LogP contribution is 2.66. The molecule has 0 heterocycles. The minimum atomic E-state index is -4.34. The molecule has 248 valence electrons. The summed E-state index contributed by atoms with van der Waals surface area (Å²) >= 11 is 0. The van der Waals surface area contributed by atoms with Crippen molar-refractivity contribution in [1.82, 2.24) is 0 Å². The number of azo groups is 1. The number of fused-ring (bicyclic) bond motifs is 5. The molecular formula is C35H38N2O9S. The van der Waals surface area contributed by atoms with Gasteiger partial charge in [-0.05, 0) is 79.5 Å². The Morgan fingerprint density at radius 2 is 1.79 bits per heavy atom. The first-order valence-corrected chi connectivity index (χ1v) is 17.2. The van der Waals surface area contributed by atoms with Crippen LogP contribution in [-0.4, -0.2) is 59.0 Å². The number of esters is 1. The van der Waals surface area contributed by atoms with Crippen LogP contribution in [0.2, 0.25) is 0 Å². The number of ether oxygens (including phenoxy) is 1. The minimum Gasteiger partial charge on any atom is -0.457 e. The molecule has 0 radical (unpaired) electrons. The summed E-state index contributed by atoms with van der Waals surface area (Å²) in [5.74, 6) is -1.38. The number of benzene rings is 2. The smallest absolute Gasteiger partial charge is 0.310 e. The number of carbonyl (C=O) groups excluding carboxylic acids is 3. The van der Waals surface area contributed by atoms with Crippen LogP contribution in [0.25, 0.3) is 0 Å². The van der Waals surface area contributed by atoms with Crippen LogP contribution in [-0.2, 0) is 35.7 Å². The number of Topliss-reactive ketones (excluding diaryl/α,β-unsaturated/α-hetero) is 1. The van der Waals surface area contributed by atoms with E-state index in [1.807, 2.05) is 13.0 Å². The maximum atomic E-state index is 13.6. The van der Waals surface area contributed by atoms with Crippen LogP contribution in [0, 0.1) is 28.6 Å². The number of nitrogens with zero attached hydrogens (tertiary/aromatic N) is 2. The molecule has 4 aliphatic rings. The molecule has 47 heavy (non-hydrogen) atoms. The quantitative estimate of drug-likeness (QED) is 0.152. The summed E-state index contributed by atoms with van der Waals surface area (Å²) in [4.78, 5) is 38.4. The minimum absolute atomic E-state index is 0.0195. The van der Waals surface area contributed by atoms with Crippen LogP contribution in [0.4, 0.5) is 11.4 Å². The Bertz CT molecular complexity index is 1820. The Labute approximate surface area is 273 Å². The van der Waals surface area contributed by atoms with Gasteiger partial charge < -0.3 is 14.9 Å². The molecule has 3 N–H and O–H groups in total. The highest BCUT2D eigenvalue weighted by molar-refractivity contribution is 7.85. The Kier molecular flexibility index (Phi) is 8.44. The number of hydrogen-bond acceptors (Lipinski definition) is 10. The predicted molar refractivity (Wildman–Crippen MR) is 170 cm³/mol. The van der Waals surface area contributed by atoms with Gasteiger partial charge in [0.05, 0.1) is 28.8 Å². The van der Waals surface area contributed by atoms with Gasteiger partial charge in [0.1, 0.15) is 5.60 Å². The second kappa shape index (κ2) is 12.0. The van der Waals surface area contributed by atoms with E-state index in [1.165, 1.54) is 24.3 Å². The van der Waals surface area contributed by atoms with Crippen molar-refractivity contribution in [1.29, 1.82) is 0 Å². The Morgan fingerprint density at radius 1 is 1.06 bits per heavy atom. The molecule has 0 aromatic heterocycles. The average molecular weight is 663 g/mol. The third-order valence-electron chi connectivity index (χ3n) is 11.2. The molecule has 0 saturated heterocycles. The second-order valence-corrected chi connectivity index (χ2v) is 15.1. The fourth-order valence-corrected chi connectivity index (χ4v) is 9.20. The van der Waals surface area contributed by atoms with Gasteiger partial charge in [0.15, 0.2) is 12.4 Å². The lowest BCUT2D eigenvalue weighted by molar-refractivity contribution is -0.179. The highest BCUT2D eigenvalue weighted by atomic mass is 32.2. The largest absolute Gasteiger partial charge is 0.457 e. The average Bonchev–Trinajstić information content (AvgIpc) is 3.30. The van der Waals surface area contributed by atoms with E-state index in [0.717, 1.165) is 5.57 Å². The van der Waals surface area contributed by atoms with Crippen LogP contribution in [0.1, 0.15) is 51.5 Å². The maximum Gasteiger partial charge on any atom is 0.310 e. The van der Waals surface area contributed by atoms with Gasteiger partial charge in [0, 0.05) is 23.2 Å². The van der Waals surface area contributed by atoms with E-state index in [0.29, 0.717) is 36.2 Å². The number of hydrogen-bond donors (Lipinski definition) is 3. The standard InChI is InChI=1S/C35H38N2O9S/c1-33-15-13-24(38)18-22(33)7-12-26-27-14-16-35(42,34(27,2)19-29(39)32(26)33)30(40)20-46-31(41)17-21-5-3-4-6-28(21)37-36-23-8-10-25(11-9-23)47(43,44)45/h3-11,13,15,26-27,29,32,39,42H,12,14,16-20H2,1-2H3,(H,43,44,45). The van der Waals surface area contributed by atoms with Crippen molar-refractivity contribution >= 4 is 39.0 Å². The first-order valence-electron chi connectivity index (χ1n) is 15.7. The van der Waals surface area contributed by atoms with Gasteiger partial charge in [-0.2, -0.15) is 18.6 Å². The first-order chi connectivity index (χ1) is 22.2. The van der Waals surface area contributed by atoms with Crippen molar-refractivity contribution in [3.8, 4) is 0 Å². The molecule has 0 spiro atoms. The van der Waals surface area contributed by atoms with Crippen LogP contribution in [0.3, 0.4) is 0 Å². The van der Waals surface area contributed by atoms with E-state index in [2.05, 4.69) is 23.2 Å². The van der Waals surface area contributed by atoms with Crippen LogP contribution < -0.4 is 0 Å². The summed E-state index contributed by atoms with van der Waals surface area (Å²) in [6.07, 6.45) is 6.67. The van der Waals surface area contributed by atoms with Crippen molar-refractivity contribution in [2.75, 3.05) is 6.61 Å². The summed E-state index contributed by atoms with van der Waals surface area (Å²) < 4.78 is 37.1. The van der Waals surface area contributed by atoms with E-state index in [-0.39, 0.29) is 47.7 Å². The van der Waals surface area contributed by atoms with E-state index in [4.69, 9.17) is 9.29 Å². The molecule has 0 aliphatic heterocycles. The van der Waals surface area contributed by atoms with Gasteiger partial charge >= 0.3 is 5.97 Å². The monoisotopic (exact) mass is 662 g/mol. The zero-order chi connectivity index (χ0) is 33.8. The SMILES string of the molecule is CC12C=CC(=O)CC1=CCC1C2C(O)CC2(C)C1CCC2(O)C(=O)COC(=O)Cc1ccccc1N=Nc1ccc(S(=O)(=O)O)cc1. The van der Waals surface area contributed by atoms with Crippen molar-refractivity contribution < 1.29 is 42.3 Å². The number of carbonyl (C=O) groups is 3. The number of aliphatic hydroxyl groups excluding tert-OH is 1. The normalized spacial score (nSPS) is 33.1. The van der Waals surface area contributed by atoms with Gasteiger partial charge in [-0.3, -0.25) is 18.9 Å². The molecule has 2 aromatic rings. The van der Waals surface area contributed by atoms with Gasteiger partial charge in [0.2, 0.25) is 5.78 Å². The lowest BCUT2D eigenvalue weighted by Gasteiger charge is -2.58. The molecule has 0 amide bonds. The predicted octanol–water partition coefficient (Wildman–Crippen LogP) is 5.01. The number of allylic oxidation sites excluding steroid dienone is 4. The topological polar surface area (TPSA) is 180 Å². The van der Waals surface area contributed by atoms with Gasteiger partial charge in [-0.1, -0.05) is 49.8 Å². The molecule has 7 atom stereocenters. The summed E-state index contributed by atoms with van der Waals surface area (Å²) in [5, 5.41) is 31.8. The lowest BCUT2D eigenvalue weighted by Crippen LogP contribution is -2.61. The Balaban J connectivity index is 1.11. The molecule has 11 nitrogen and oxygen atoms in total. The van der Waals surface area contributed by atoms with Gasteiger partial charge in [0.25, 0.3) is 10.1 Å². The number of ketones is 2. The van der Waals surface area contributed by atoms with Crippen LogP contribution in [0.15, 0.2) is 87.5 Å². The van der Waals surface area contributed by atoms with Gasteiger partial charge in [-0.15, -0.1) is 0 Å². The van der Waals surface area contributed by atoms with Crippen molar-refractivity contribution in [3.63, 3.8) is 0 Å². The second-order valence-electron chi connectivity index (χ2n) is 13.7. The van der Waals surface area contributed by atoms with Crippen LogP contribution >= 0.6 is 0 Å². The molecule has 4 aliphatic carbocycles. The third kappa shape index (κ3) is 5.81. The van der Waals surface area contributed by atoms with E-state index < -0.39 is 51.0 Å². The lowest BCUT2D eigenvalue weighted by atomic mass is 9.47.